The van der Waals surface area contributed by atoms with E-state index in [1.165, 1.54) is 0 Å². The van der Waals surface area contributed by atoms with Crippen molar-refractivity contribution in [2.24, 2.45) is 0 Å². The second kappa shape index (κ2) is 3.96. The van der Waals surface area contributed by atoms with Gasteiger partial charge in [-0.05, 0) is 0 Å². The molecule has 2 N–H and O–H groups in total. The minimum atomic E-state index is 0. The Balaban J connectivity index is 0.000000640. The number of hydrogen-bond donors (Lipinski definition) is 1. The molecule has 0 atom stereocenters. The first kappa shape index (κ1) is 9.05. The molecule has 0 aromatic carbocycles. The summed E-state index contributed by atoms with van der Waals surface area (Å²) < 4.78 is 0. The van der Waals surface area contributed by atoms with E-state index in [-0.39, 0.29) is 32.7 Å². The third-order valence-corrected chi connectivity index (χ3v) is 0.855. The monoisotopic (exact) mass is 196 g/mol. The predicted molar refractivity (Wildman–Crippen MR) is 32.2 cm³/mol. The van der Waals surface area contributed by atoms with Crippen LogP contribution in [-0.2, 0) is 32.7 Å². The number of hydrogen-bond acceptors (Lipinski definition) is 2. The third-order valence-electron chi connectivity index (χ3n) is 0.855. The Hall–Kier alpha value is 0.0539. The molecule has 1 heterocycles. The Morgan fingerprint density at radius 2 is 2.33 bits per heavy atom. The largest absolute Gasteiger partial charge is 0.418 e. The van der Waals surface area contributed by atoms with Crippen molar-refractivity contribution < 1.29 is 32.7 Å². The summed E-state index contributed by atoms with van der Waals surface area (Å²) in [6.45, 7) is 1.90. The quantitative estimate of drug-likeness (QED) is 0.622. The van der Waals surface area contributed by atoms with Crippen molar-refractivity contribution in [2.45, 2.75) is 6.92 Å². The average molecular weight is 196 g/mol. The molecule has 0 spiro atoms. The molecule has 0 amide bonds. The summed E-state index contributed by atoms with van der Waals surface area (Å²) in [6.07, 6.45) is 1.59. The van der Waals surface area contributed by atoms with Crippen LogP contribution in [0.3, 0.4) is 0 Å². The first-order valence-corrected chi connectivity index (χ1v) is 2.39. The van der Waals surface area contributed by atoms with Crippen LogP contribution < -0.4 is 5.73 Å². The maximum atomic E-state index is 5.31. The first-order valence-electron chi connectivity index (χ1n) is 2.39. The van der Waals surface area contributed by atoms with Gasteiger partial charge in [-0.1, -0.05) is 24.5 Å². The van der Waals surface area contributed by atoms with Crippen LogP contribution >= 0.6 is 0 Å². The Morgan fingerprint density at radius 1 is 1.67 bits per heavy atom. The molecule has 0 aliphatic rings. The van der Waals surface area contributed by atoms with Crippen molar-refractivity contribution in [3.8, 4) is 0 Å². The summed E-state index contributed by atoms with van der Waals surface area (Å²) in [4.78, 5) is 3.92. The molecule has 0 aliphatic heterocycles. The van der Waals surface area contributed by atoms with Crippen LogP contribution in [0.25, 0.3) is 0 Å². The molecule has 9 heavy (non-hydrogen) atoms. The number of anilines is 1. The fourth-order valence-electron chi connectivity index (χ4n) is 0.434. The number of pyridine rings is 1. The molecule has 0 saturated carbocycles. The van der Waals surface area contributed by atoms with Crippen molar-refractivity contribution in [2.75, 3.05) is 5.73 Å². The van der Waals surface area contributed by atoms with Crippen molar-refractivity contribution in [3.63, 3.8) is 0 Å². The zero-order valence-corrected chi connectivity index (χ0v) is 8.09. The molecular formula is C6H7N2Y-. The van der Waals surface area contributed by atoms with Gasteiger partial charge >= 0.3 is 0 Å². The van der Waals surface area contributed by atoms with E-state index in [0.29, 0.717) is 5.69 Å². The van der Waals surface area contributed by atoms with Gasteiger partial charge in [0.2, 0.25) is 0 Å². The zero-order chi connectivity index (χ0) is 5.98. The van der Waals surface area contributed by atoms with Crippen LogP contribution in [0.1, 0.15) is 5.69 Å². The Kier molecular flexibility index (Phi) is 3.99. The van der Waals surface area contributed by atoms with Gasteiger partial charge in [-0.15, -0.1) is 0 Å². The van der Waals surface area contributed by atoms with E-state index in [4.69, 9.17) is 5.73 Å². The van der Waals surface area contributed by atoms with Crippen molar-refractivity contribution in [1.82, 2.24) is 4.98 Å². The molecule has 0 fully saturated rings. The average Bonchev–Trinajstić information content (AvgIpc) is 1.77. The van der Waals surface area contributed by atoms with Crippen LogP contribution in [0.15, 0.2) is 12.3 Å². The van der Waals surface area contributed by atoms with E-state index in [2.05, 4.69) is 11.1 Å². The molecule has 45 valence electrons. The molecule has 1 rings (SSSR count). The van der Waals surface area contributed by atoms with E-state index < -0.39 is 0 Å². The minimum Gasteiger partial charge on any atom is -0.418 e. The summed E-state index contributed by atoms with van der Waals surface area (Å²) in [7, 11) is 0. The van der Waals surface area contributed by atoms with Gasteiger partial charge < -0.3 is 10.7 Å². The second-order valence-electron chi connectivity index (χ2n) is 1.64. The second-order valence-corrected chi connectivity index (χ2v) is 1.64. The predicted octanol–water partition coefficient (Wildman–Crippen LogP) is 0.770. The maximum Gasteiger partial charge on any atom is 0 e. The molecular weight excluding hydrogens is 189 g/mol. The summed E-state index contributed by atoms with van der Waals surface area (Å²) in [5.41, 5.74) is 6.85. The summed E-state index contributed by atoms with van der Waals surface area (Å²) >= 11 is 0. The number of nitrogens with two attached hydrogens (primary N) is 1. The molecule has 0 aliphatic carbocycles. The van der Waals surface area contributed by atoms with Gasteiger partial charge in [-0.3, -0.25) is 0 Å². The van der Waals surface area contributed by atoms with E-state index in [0.717, 1.165) is 5.69 Å². The van der Waals surface area contributed by atoms with E-state index in [1.54, 1.807) is 12.3 Å². The van der Waals surface area contributed by atoms with Crippen LogP contribution in [0, 0.1) is 13.0 Å². The van der Waals surface area contributed by atoms with Gasteiger partial charge in [-0.25, -0.2) is 0 Å². The fraction of sp³-hybridized carbons (Fsp3) is 0.167. The molecule has 0 unspecified atom stereocenters. The van der Waals surface area contributed by atoms with Crippen LogP contribution in [0.5, 0.6) is 0 Å². The molecule has 2 nitrogen and oxygen atoms in total. The third kappa shape index (κ3) is 2.92. The summed E-state index contributed by atoms with van der Waals surface area (Å²) in [5.74, 6) is 0. The molecule has 3 heteroatoms. The molecule has 0 saturated heterocycles. The van der Waals surface area contributed by atoms with E-state index in [1.807, 2.05) is 6.92 Å². The van der Waals surface area contributed by atoms with Crippen LogP contribution in [-0.4, -0.2) is 4.98 Å². The normalized spacial score (nSPS) is 8.11. The molecule has 1 aromatic heterocycles. The first-order chi connectivity index (χ1) is 3.79. The number of nitrogens with zero attached hydrogens (tertiary/aromatic N) is 1. The fourth-order valence-corrected chi connectivity index (χ4v) is 0.434. The van der Waals surface area contributed by atoms with Gasteiger partial charge in [0, 0.05) is 32.7 Å². The Morgan fingerprint density at radius 3 is 2.67 bits per heavy atom. The van der Waals surface area contributed by atoms with Crippen LogP contribution in [0.4, 0.5) is 5.69 Å². The van der Waals surface area contributed by atoms with Crippen molar-refractivity contribution in [3.05, 3.63) is 24.0 Å². The Bertz CT molecular complexity index is 150. The van der Waals surface area contributed by atoms with Gasteiger partial charge in [0.1, 0.15) is 0 Å². The summed E-state index contributed by atoms with van der Waals surface area (Å²) in [5, 5.41) is 0. The van der Waals surface area contributed by atoms with E-state index >= 15 is 0 Å². The summed E-state index contributed by atoms with van der Waals surface area (Å²) in [6, 6.07) is 4.57. The molecule has 1 aromatic rings. The molecule has 1 radical (unpaired) electrons. The van der Waals surface area contributed by atoms with Crippen LogP contribution in [0.2, 0.25) is 0 Å². The van der Waals surface area contributed by atoms with Crippen molar-refractivity contribution in [1.29, 1.82) is 0 Å². The topological polar surface area (TPSA) is 38.9 Å². The van der Waals surface area contributed by atoms with Gasteiger partial charge in [-0.2, -0.15) is 12.1 Å². The van der Waals surface area contributed by atoms with Gasteiger partial charge in [0.15, 0.2) is 0 Å². The smallest absolute Gasteiger partial charge is 0 e. The van der Waals surface area contributed by atoms with Gasteiger partial charge in [0.25, 0.3) is 0 Å². The minimum absolute atomic E-state index is 0. The van der Waals surface area contributed by atoms with Gasteiger partial charge in [0.05, 0.1) is 0 Å². The number of rotatable bonds is 0. The number of aromatic nitrogens is 1. The van der Waals surface area contributed by atoms with Crippen molar-refractivity contribution >= 4 is 5.69 Å². The SMILES string of the molecule is Cc1c[c-]c(N)cn1.[Y]. The zero-order valence-electron chi connectivity index (χ0n) is 5.26. The standard InChI is InChI=1S/C6H7N2.Y/c1-5-2-3-6(7)4-8-5;/h2,4H,7H2,1H3;/q-1;. The Labute approximate surface area is 79.7 Å². The van der Waals surface area contributed by atoms with E-state index in [9.17, 15) is 0 Å². The maximum absolute atomic E-state index is 5.31. The number of nitrogen functional groups attached to an aromatic ring is 1. The molecule has 0 bridgehead atoms. The number of aryl methyl sites for hydroxylation is 1.